The molecule has 1 aliphatic carbocycles. The van der Waals surface area contributed by atoms with Crippen molar-refractivity contribution in [2.45, 2.75) is 70.0 Å². The van der Waals surface area contributed by atoms with E-state index in [1.807, 2.05) is 30.3 Å². The minimum atomic E-state index is -1.07. The second kappa shape index (κ2) is 9.77. The topological polar surface area (TPSA) is 96.3 Å². The molecule has 0 unspecified atom stereocenters. The van der Waals surface area contributed by atoms with Crippen LogP contribution in [-0.2, 0) is 17.8 Å². The van der Waals surface area contributed by atoms with Gasteiger partial charge in [-0.25, -0.2) is 0 Å². The van der Waals surface area contributed by atoms with Gasteiger partial charge in [-0.05, 0) is 31.7 Å². The van der Waals surface area contributed by atoms with Gasteiger partial charge in [-0.3, -0.25) is 19.1 Å². The number of likely N-dealkylation sites (N-methyl/N-ethyl adjacent to an activating group) is 1. The molecule has 1 saturated carbocycles. The molecule has 2 aromatic rings. The highest BCUT2D eigenvalue weighted by Crippen LogP contribution is 2.27. The molecule has 1 fully saturated rings. The molecule has 0 bridgehead atoms. The van der Waals surface area contributed by atoms with Gasteiger partial charge in [0.1, 0.15) is 11.2 Å². The summed E-state index contributed by atoms with van der Waals surface area (Å²) < 4.78 is 1.50. The van der Waals surface area contributed by atoms with Crippen LogP contribution in [0.5, 0.6) is 0 Å². The van der Waals surface area contributed by atoms with Gasteiger partial charge in [0.15, 0.2) is 5.69 Å². The van der Waals surface area contributed by atoms with Gasteiger partial charge in [0.25, 0.3) is 11.8 Å². The van der Waals surface area contributed by atoms with E-state index in [1.165, 1.54) is 28.5 Å². The Balaban J connectivity index is 1.43. The molecule has 176 valence electrons. The molecule has 4 rings (SSSR count). The van der Waals surface area contributed by atoms with E-state index >= 15 is 0 Å². The molecular weight excluding hydrogens is 418 g/mol. The van der Waals surface area contributed by atoms with E-state index in [-0.39, 0.29) is 36.0 Å². The number of fused-ring (bicyclic) bond motifs is 1. The second-order valence-corrected chi connectivity index (χ2v) is 9.36. The molecule has 1 atom stereocenters. The Kier molecular flexibility index (Phi) is 6.81. The van der Waals surface area contributed by atoms with Crippen LogP contribution in [0.2, 0.25) is 0 Å². The van der Waals surface area contributed by atoms with E-state index in [1.54, 1.807) is 14.0 Å². The summed E-state index contributed by atoms with van der Waals surface area (Å²) in [5.74, 6) is -0.802. The first-order chi connectivity index (χ1) is 15.9. The Morgan fingerprint density at radius 2 is 1.82 bits per heavy atom. The van der Waals surface area contributed by atoms with Crippen molar-refractivity contribution in [3.63, 3.8) is 0 Å². The van der Waals surface area contributed by atoms with Crippen molar-refractivity contribution in [2.24, 2.45) is 0 Å². The first-order valence-electron chi connectivity index (χ1n) is 11.9. The maximum absolute atomic E-state index is 13.3. The van der Waals surface area contributed by atoms with Crippen LogP contribution in [0.4, 0.5) is 0 Å². The van der Waals surface area contributed by atoms with Crippen molar-refractivity contribution >= 4 is 17.7 Å². The molecule has 1 aromatic heterocycles. The number of amides is 3. The quantitative estimate of drug-likeness (QED) is 0.660. The summed E-state index contributed by atoms with van der Waals surface area (Å²) in [6.45, 7) is 2.45. The fourth-order valence-electron chi connectivity index (χ4n) is 4.66. The predicted octanol–water partition coefficient (Wildman–Crippen LogP) is 2.54. The van der Waals surface area contributed by atoms with Crippen molar-refractivity contribution in [2.75, 3.05) is 13.6 Å². The third-order valence-corrected chi connectivity index (χ3v) is 6.96. The van der Waals surface area contributed by atoms with Crippen molar-refractivity contribution in [3.05, 3.63) is 53.3 Å². The number of hydrogen-bond donors (Lipinski definition) is 2. The van der Waals surface area contributed by atoms with Gasteiger partial charge in [0.05, 0.1) is 6.54 Å². The van der Waals surface area contributed by atoms with Crippen LogP contribution in [0.25, 0.3) is 0 Å². The number of hydrogen-bond acceptors (Lipinski definition) is 4. The zero-order valence-corrected chi connectivity index (χ0v) is 19.5. The summed E-state index contributed by atoms with van der Waals surface area (Å²) in [5, 5.41) is 10.4. The van der Waals surface area contributed by atoms with Gasteiger partial charge in [0.2, 0.25) is 5.91 Å². The molecule has 2 heterocycles. The van der Waals surface area contributed by atoms with Crippen LogP contribution in [0.1, 0.15) is 72.0 Å². The average Bonchev–Trinajstić information content (AvgIpc) is 3.06. The summed E-state index contributed by atoms with van der Waals surface area (Å²) in [4.78, 5) is 40.4. The lowest BCUT2D eigenvalue weighted by atomic mass is 9.95. The Morgan fingerprint density at radius 1 is 1.12 bits per heavy atom. The molecule has 0 radical (unpaired) electrons. The number of rotatable bonds is 6. The predicted molar refractivity (Wildman–Crippen MR) is 125 cm³/mol. The summed E-state index contributed by atoms with van der Waals surface area (Å²) in [7, 11) is 1.64. The zero-order chi connectivity index (χ0) is 23.4. The highest BCUT2D eigenvalue weighted by molar-refractivity contribution is 6.01. The molecule has 2 aliphatic rings. The molecular formula is C25H33N5O3. The van der Waals surface area contributed by atoms with E-state index in [0.717, 1.165) is 31.2 Å². The normalized spacial score (nSPS) is 21.3. The molecule has 2 N–H and O–H groups in total. The van der Waals surface area contributed by atoms with Crippen molar-refractivity contribution in [3.8, 4) is 0 Å². The van der Waals surface area contributed by atoms with E-state index < -0.39 is 5.54 Å². The number of nitrogens with one attached hydrogen (secondary N) is 2. The third-order valence-electron chi connectivity index (χ3n) is 6.96. The fourth-order valence-corrected chi connectivity index (χ4v) is 4.66. The van der Waals surface area contributed by atoms with E-state index in [0.29, 0.717) is 18.7 Å². The van der Waals surface area contributed by atoms with E-state index in [2.05, 4.69) is 15.7 Å². The van der Waals surface area contributed by atoms with Crippen LogP contribution in [0.15, 0.2) is 36.4 Å². The SMILES string of the molecule is CN1C(=O)c2cc(C(=O)NCCc3ccccc3)nn2C[C@]1(C)C(=O)NC1CCCCCC1. The maximum atomic E-state index is 13.3. The van der Waals surface area contributed by atoms with Gasteiger partial charge in [0, 0.05) is 25.7 Å². The van der Waals surface area contributed by atoms with Crippen LogP contribution >= 0.6 is 0 Å². The monoisotopic (exact) mass is 451 g/mol. The van der Waals surface area contributed by atoms with E-state index in [4.69, 9.17) is 0 Å². The lowest BCUT2D eigenvalue weighted by molar-refractivity contribution is -0.133. The Morgan fingerprint density at radius 3 is 2.52 bits per heavy atom. The Hall–Kier alpha value is -3.16. The number of nitrogens with zero attached hydrogens (tertiary/aromatic N) is 3. The number of benzene rings is 1. The number of carbonyl (C=O) groups is 3. The van der Waals surface area contributed by atoms with Gasteiger partial charge in [-0.1, -0.05) is 56.0 Å². The summed E-state index contributed by atoms with van der Waals surface area (Å²) in [5.41, 5.74) is 0.580. The summed E-state index contributed by atoms with van der Waals surface area (Å²) in [6.07, 6.45) is 7.29. The highest BCUT2D eigenvalue weighted by Gasteiger charge is 2.46. The minimum Gasteiger partial charge on any atom is -0.351 e. The molecule has 8 nitrogen and oxygen atoms in total. The smallest absolute Gasteiger partial charge is 0.272 e. The van der Waals surface area contributed by atoms with Gasteiger partial charge in [-0.15, -0.1) is 0 Å². The van der Waals surface area contributed by atoms with Crippen LogP contribution in [0, 0.1) is 0 Å². The van der Waals surface area contributed by atoms with Crippen molar-refractivity contribution in [1.82, 2.24) is 25.3 Å². The molecule has 0 saturated heterocycles. The zero-order valence-electron chi connectivity index (χ0n) is 19.5. The third kappa shape index (κ3) is 4.94. The second-order valence-electron chi connectivity index (χ2n) is 9.36. The lowest BCUT2D eigenvalue weighted by Gasteiger charge is -2.41. The average molecular weight is 452 g/mol. The van der Waals surface area contributed by atoms with Crippen LogP contribution in [-0.4, -0.2) is 57.6 Å². The minimum absolute atomic E-state index is 0.144. The summed E-state index contributed by atoms with van der Waals surface area (Å²) in [6, 6.07) is 11.6. The van der Waals surface area contributed by atoms with Crippen molar-refractivity contribution in [1.29, 1.82) is 0 Å². The molecule has 8 heteroatoms. The first-order valence-corrected chi connectivity index (χ1v) is 11.9. The maximum Gasteiger partial charge on any atom is 0.272 e. The van der Waals surface area contributed by atoms with Gasteiger partial charge >= 0.3 is 0 Å². The number of carbonyl (C=O) groups excluding carboxylic acids is 3. The Labute approximate surface area is 194 Å². The summed E-state index contributed by atoms with van der Waals surface area (Å²) >= 11 is 0. The van der Waals surface area contributed by atoms with Gasteiger partial charge < -0.3 is 15.5 Å². The largest absolute Gasteiger partial charge is 0.351 e. The Bertz CT molecular complexity index is 1010. The molecule has 0 spiro atoms. The van der Waals surface area contributed by atoms with Crippen molar-refractivity contribution < 1.29 is 14.4 Å². The highest BCUT2D eigenvalue weighted by atomic mass is 16.2. The molecule has 3 amide bonds. The van der Waals surface area contributed by atoms with Crippen LogP contribution in [0.3, 0.4) is 0 Å². The molecule has 33 heavy (non-hydrogen) atoms. The lowest BCUT2D eigenvalue weighted by Crippen LogP contribution is -2.63. The standard InChI is InChI=1S/C25H33N5O3/c1-25(24(33)27-19-12-8-3-4-9-13-19)17-30-21(23(32)29(25)2)16-20(28-30)22(31)26-15-14-18-10-6-5-7-11-18/h5-7,10-11,16,19H,3-4,8-9,12-15,17H2,1-2H3,(H,26,31)(H,27,33)/t25-/m1/s1. The van der Waals surface area contributed by atoms with Gasteiger partial charge in [-0.2, -0.15) is 5.10 Å². The first kappa shape index (κ1) is 23.0. The fraction of sp³-hybridized carbons (Fsp3) is 0.520. The molecule has 1 aromatic carbocycles. The number of aromatic nitrogens is 2. The van der Waals surface area contributed by atoms with Crippen LogP contribution < -0.4 is 10.6 Å². The molecule has 1 aliphatic heterocycles. The van der Waals surface area contributed by atoms with E-state index in [9.17, 15) is 14.4 Å².